The highest BCUT2D eigenvalue weighted by molar-refractivity contribution is 8.13. The van der Waals surface area contributed by atoms with Crippen molar-refractivity contribution >= 4 is 23.0 Å². The summed E-state index contributed by atoms with van der Waals surface area (Å²) in [6.45, 7) is 0.408. The van der Waals surface area contributed by atoms with E-state index in [0.29, 0.717) is 0 Å². The van der Waals surface area contributed by atoms with Gasteiger partial charge in [-0.3, -0.25) is 4.79 Å². The van der Waals surface area contributed by atoms with E-state index in [9.17, 15) is 9.59 Å². The number of hydrogen-bond acceptors (Lipinski definition) is 5. The average Bonchev–Trinajstić information content (AvgIpc) is 2.58. The topological polar surface area (TPSA) is 52.6 Å². The summed E-state index contributed by atoms with van der Waals surface area (Å²) in [5.74, 6) is -0.494. The van der Waals surface area contributed by atoms with Gasteiger partial charge in [0.1, 0.15) is 19.0 Å². The summed E-state index contributed by atoms with van der Waals surface area (Å²) in [7, 11) is 0. The van der Waals surface area contributed by atoms with E-state index in [1.165, 1.54) is 0 Å². The Balaban J connectivity index is 1.62. The molecule has 0 radical (unpaired) electrons. The molecule has 0 unspecified atom stereocenters. The molecule has 0 atom stereocenters. The van der Waals surface area contributed by atoms with Crippen molar-refractivity contribution < 1.29 is 19.1 Å². The molecule has 0 heterocycles. The Hall–Kier alpha value is -2.27. The van der Waals surface area contributed by atoms with Crippen LogP contribution in [0.4, 0.5) is 4.79 Å². The largest absolute Gasteiger partial charge is 0.460 e. The van der Waals surface area contributed by atoms with Gasteiger partial charge in [0.15, 0.2) is 0 Å². The second-order valence-electron chi connectivity index (χ2n) is 4.46. The van der Waals surface area contributed by atoms with Crippen molar-refractivity contribution in [2.45, 2.75) is 13.2 Å². The van der Waals surface area contributed by atoms with Gasteiger partial charge in [-0.15, -0.1) is 0 Å². The van der Waals surface area contributed by atoms with Crippen molar-refractivity contribution in [1.82, 2.24) is 0 Å². The van der Waals surface area contributed by atoms with Crippen molar-refractivity contribution in [2.24, 2.45) is 0 Å². The highest BCUT2D eigenvalue weighted by Gasteiger charge is 2.10. The smallest absolute Gasteiger partial charge is 0.368 e. The summed E-state index contributed by atoms with van der Waals surface area (Å²) in [4.78, 5) is 23.1. The minimum atomic E-state index is -0.486. The van der Waals surface area contributed by atoms with Gasteiger partial charge in [0.2, 0.25) is 0 Å². The number of benzene rings is 2. The summed E-state index contributed by atoms with van der Waals surface area (Å²) in [5.41, 5.74) is 1.82. The molecule has 2 rings (SSSR count). The Morgan fingerprint density at radius 1 is 0.773 bits per heavy atom. The van der Waals surface area contributed by atoms with Crippen LogP contribution in [0.3, 0.4) is 0 Å². The normalized spacial score (nSPS) is 10.0. The van der Waals surface area contributed by atoms with Crippen molar-refractivity contribution in [3.05, 3.63) is 71.8 Å². The third kappa shape index (κ3) is 6.01. The number of rotatable bonds is 6. The third-order valence-corrected chi connectivity index (χ3v) is 3.48. The number of carbonyl (C=O) groups excluding carboxylic acids is 2. The van der Waals surface area contributed by atoms with E-state index in [1.54, 1.807) is 0 Å². The summed E-state index contributed by atoms with van der Waals surface area (Å²) < 4.78 is 10.1. The zero-order valence-electron chi connectivity index (χ0n) is 11.9. The Bertz CT molecular complexity index is 543. The highest BCUT2D eigenvalue weighted by Crippen LogP contribution is 2.10. The van der Waals surface area contributed by atoms with Gasteiger partial charge >= 0.3 is 11.3 Å². The second-order valence-corrected chi connectivity index (χ2v) is 5.37. The van der Waals surface area contributed by atoms with Crippen LogP contribution in [-0.2, 0) is 27.5 Å². The molecule has 0 aromatic heterocycles. The minimum Gasteiger partial charge on any atom is -0.460 e. The molecule has 2 aromatic carbocycles. The third-order valence-electron chi connectivity index (χ3n) is 2.75. The molecule has 0 saturated heterocycles. The molecule has 0 aliphatic heterocycles. The first kappa shape index (κ1) is 16.1. The van der Waals surface area contributed by atoms with Gasteiger partial charge < -0.3 is 9.47 Å². The molecule has 22 heavy (non-hydrogen) atoms. The number of thioether (sulfide) groups is 1. The van der Waals surface area contributed by atoms with E-state index < -0.39 is 11.3 Å². The highest BCUT2D eigenvalue weighted by atomic mass is 32.2. The molecule has 0 fully saturated rings. The van der Waals surface area contributed by atoms with Gasteiger partial charge in [-0.1, -0.05) is 60.7 Å². The summed E-state index contributed by atoms with van der Waals surface area (Å²) in [5, 5.41) is -0.486. The standard InChI is InChI=1S/C17H16O4S/c18-16(20-11-14-7-3-1-4-8-14)13-22-17(19)21-12-15-9-5-2-6-10-15/h1-10H,11-13H2. The van der Waals surface area contributed by atoms with Crippen molar-refractivity contribution in [3.8, 4) is 0 Å². The van der Waals surface area contributed by atoms with Crippen LogP contribution in [0.5, 0.6) is 0 Å². The monoisotopic (exact) mass is 316 g/mol. The molecular formula is C17H16O4S. The Morgan fingerprint density at radius 2 is 1.27 bits per heavy atom. The number of hydrogen-bond donors (Lipinski definition) is 0. The zero-order chi connectivity index (χ0) is 15.6. The quantitative estimate of drug-likeness (QED) is 0.759. The van der Waals surface area contributed by atoms with Crippen LogP contribution in [0.15, 0.2) is 60.7 Å². The van der Waals surface area contributed by atoms with Gasteiger partial charge in [0, 0.05) is 0 Å². The SMILES string of the molecule is O=C(CSC(=O)OCc1ccccc1)OCc1ccccc1. The Morgan fingerprint density at radius 3 is 1.82 bits per heavy atom. The van der Waals surface area contributed by atoms with E-state index in [2.05, 4.69) is 0 Å². The van der Waals surface area contributed by atoms with Crippen LogP contribution in [-0.4, -0.2) is 17.0 Å². The second kappa shape index (κ2) is 8.89. The van der Waals surface area contributed by atoms with Gasteiger partial charge in [-0.2, -0.15) is 0 Å². The molecule has 4 nitrogen and oxygen atoms in total. The lowest BCUT2D eigenvalue weighted by atomic mass is 10.2. The number of carbonyl (C=O) groups is 2. The van der Waals surface area contributed by atoms with Gasteiger partial charge in [0.25, 0.3) is 0 Å². The first-order valence-electron chi connectivity index (χ1n) is 6.77. The van der Waals surface area contributed by atoms with Crippen molar-refractivity contribution in [1.29, 1.82) is 0 Å². The summed E-state index contributed by atoms with van der Waals surface area (Å²) >= 11 is 0.803. The first-order valence-corrected chi connectivity index (χ1v) is 7.75. The van der Waals surface area contributed by atoms with Crippen LogP contribution in [0, 0.1) is 0 Å². The van der Waals surface area contributed by atoms with Gasteiger partial charge in [-0.05, 0) is 22.9 Å². The molecule has 0 saturated carbocycles. The molecule has 114 valence electrons. The Labute approximate surface area is 133 Å². The van der Waals surface area contributed by atoms with E-state index in [4.69, 9.17) is 9.47 Å². The number of ether oxygens (including phenoxy) is 2. The van der Waals surface area contributed by atoms with Crippen molar-refractivity contribution in [2.75, 3.05) is 5.75 Å². The Kier molecular flexibility index (Phi) is 6.51. The predicted octanol–water partition coefficient (Wildman–Crippen LogP) is 3.80. The molecule has 0 aliphatic rings. The molecule has 0 aliphatic carbocycles. The molecule has 0 spiro atoms. The maximum absolute atomic E-state index is 11.5. The minimum absolute atomic E-state index is 0.0551. The fourth-order valence-electron chi connectivity index (χ4n) is 1.66. The maximum Gasteiger partial charge on any atom is 0.368 e. The van der Waals surface area contributed by atoms with Crippen molar-refractivity contribution in [3.63, 3.8) is 0 Å². The summed E-state index contributed by atoms with van der Waals surface area (Å²) in [6, 6.07) is 18.8. The lowest BCUT2D eigenvalue weighted by molar-refractivity contribution is -0.141. The van der Waals surface area contributed by atoms with Gasteiger partial charge in [-0.25, -0.2) is 4.79 Å². The molecular weight excluding hydrogens is 300 g/mol. The fourth-order valence-corrected chi connectivity index (χ4v) is 2.12. The summed E-state index contributed by atoms with van der Waals surface area (Å²) in [6.07, 6.45) is 0. The van der Waals surface area contributed by atoms with E-state index >= 15 is 0 Å². The predicted molar refractivity (Wildman–Crippen MR) is 85.3 cm³/mol. The lowest BCUT2D eigenvalue weighted by Crippen LogP contribution is -2.10. The van der Waals surface area contributed by atoms with Crippen LogP contribution in [0.1, 0.15) is 11.1 Å². The van der Waals surface area contributed by atoms with Crippen LogP contribution in [0.2, 0.25) is 0 Å². The molecule has 5 heteroatoms. The zero-order valence-corrected chi connectivity index (χ0v) is 12.8. The molecule has 0 N–H and O–H groups in total. The maximum atomic E-state index is 11.5. The van der Waals surface area contributed by atoms with Gasteiger partial charge in [0.05, 0.1) is 0 Å². The molecule has 0 bridgehead atoms. The fraction of sp³-hybridized carbons (Fsp3) is 0.176. The molecule has 2 aromatic rings. The van der Waals surface area contributed by atoms with Crippen LogP contribution >= 0.6 is 11.8 Å². The van der Waals surface area contributed by atoms with E-state index in [-0.39, 0.29) is 19.0 Å². The lowest BCUT2D eigenvalue weighted by Gasteiger charge is -2.05. The first-order chi connectivity index (χ1) is 10.7. The van der Waals surface area contributed by atoms with Crippen LogP contribution in [0.25, 0.3) is 0 Å². The van der Waals surface area contributed by atoms with E-state index in [0.717, 1.165) is 22.9 Å². The molecule has 0 amide bonds. The average molecular weight is 316 g/mol. The number of esters is 1. The van der Waals surface area contributed by atoms with Crippen LogP contribution < -0.4 is 0 Å². The van der Waals surface area contributed by atoms with E-state index in [1.807, 2.05) is 60.7 Å².